The average molecular weight is 391 g/mol. The van der Waals surface area contributed by atoms with E-state index in [2.05, 4.69) is 0 Å². The Labute approximate surface area is 166 Å². The van der Waals surface area contributed by atoms with Crippen LogP contribution >= 0.6 is 0 Å². The molecule has 0 saturated carbocycles. The third-order valence-corrected chi connectivity index (χ3v) is 5.46. The van der Waals surface area contributed by atoms with Gasteiger partial charge >= 0.3 is 11.7 Å². The minimum absolute atomic E-state index is 0.230. The molecule has 29 heavy (non-hydrogen) atoms. The van der Waals surface area contributed by atoms with Gasteiger partial charge < -0.3 is 9.67 Å². The van der Waals surface area contributed by atoms with Crippen LogP contribution in [0.15, 0.2) is 58.3 Å². The molecule has 1 atom stereocenters. The fourth-order valence-corrected chi connectivity index (χ4v) is 3.97. The minimum atomic E-state index is -1.26. The van der Waals surface area contributed by atoms with Crippen molar-refractivity contribution in [2.24, 2.45) is 7.05 Å². The van der Waals surface area contributed by atoms with Gasteiger partial charge in [0.25, 0.3) is 5.56 Å². The molecule has 4 aromatic rings. The summed E-state index contributed by atoms with van der Waals surface area (Å²) in [4.78, 5) is 37.6. The van der Waals surface area contributed by atoms with Crippen LogP contribution in [0.2, 0.25) is 0 Å². The summed E-state index contributed by atoms with van der Waals surface area (Å²) in [5.74, 6) is -1.23. The van der Waals surface area contributed by atoms with Crippen molar-refractivity contribution in [2.45, 2.75) is 26.4 Å². The zero-order valence-electron chi connectivity index (χ0n) is 16.4. The molecule has 148 valence electrons. The standard InChI is InChI=1S/C22H21N3O4/c1-13-7-6-10-18-19(13)15(11-23(18)3)12-24-17-9-5-4-8-16(17)20(26)25(22(24)29)14(2)21(27)28/h4-11,14H,12H2,1-3H3,(H,27,28)/t14-/m1/s1. The van der Waals surface area contributed by atoms with Gasteiger partial charge in [0.05, 0.1) is 17.4 Å². The van der Waals surface area contributed by atoms with E-state index in [1.165, 1.54) is 11.5 Å². The number of aryl methyl sites for hydroxylation is 2. The molecule has 0 spiro atoms. The van der Waals surface area contributed by atoms with Gasteiger partial charge in [-0.05, 0) is 43.2 Å². The van der Waals surface area contributed by atoms with E-state index in [-0.39, 0.29) is 6.54 Å². The Kier molecular flexibility index (Phi) is 4.38. The summed E-state index contributed by atoms with van der Waals surface area (Å²) in [7, 11) is 1.94. The highest BCUT2D eigenvalue weighted by Gasteiger charge is 2.22. The highest BCUT2D eigenvalue weighted by Crippen LogP contribution is 2.25. The topological polar surface area (TPSA) is 86.2 Å². The molecule has 0 aliphatic heterocycles. The van der Waals surface area contributed by atoms with Crippen molar-refractivity contribution in [1.29, 1.82) is 0 Å². The third kappa shape index (κ3) is 2.86. The molecule has 1 N–H and O–H groups in total. The lowest BCUT2D eigenvalue weighted by atomic mass is 10.1. The first-order valence-electron chi connectivity index (χ1n) is 9.31. The van der Waals surface area contributed by atoms with E-state index in [1.807, 2.05) is 42.9 Å². The van der Waals surface area contributed by atoms with E-state index in [4.69, 9.17) is 0 Å². The Morgan fingerprint density at radius 2 is 1.76 bits per heavy atom. The van der Waals surface area contributed by atoms with Gasteiger partial charge in [0.1, 0.15) is 6.04 Å². The molecular formula is C22H21N3O4. The van der Waals surface area contributed by atoms with Crippen LogP contribution < -0.4 is 11.2 Å². The van der Waals surface area contributed by atoms with Crippen LogP contribution in [0, 0.1) is 6.92 Å². The molecule has 2 heterocycles. The molecule has 0 bridgehead atoms. The van der Waals surface area contributed by atoms with Gasteiger partial charge in [-0.15, -0.1) is 0 Å². The Morgan fingerprint density at radius 1 is 1.07 bits per heavy atom. The van der Waals surface area contributed by atoms with E-state index in [0.717, 1.165) is 26.6 Å². The number of carbonyl (C=O) groups is 1. The Hall–Kier alpha value is -3.61. The minimum Gasteiger partial charge on any atom is -0.480 e. The Bertz CT molecular complexity index is 1390. The molecule has 0 saturated heterocycles. The van der Waals surface area contributed by atoms with Crippen molar-refractivity contribution >= 4 is 27.8 Å². The highest BCUT2D eigenvalue weighted by molar-refractivity contribution is 5.87. The summed E-state index contributed by atoms with van der Waals surface area (Å²) in [6.07, 6.45) is 1.97. The number of benzene rings is 2. The maximum atomic E-state index is 13.2. The molecule has 7 nitrogen and oxygen atoms in total. The second-order valence-electron chi connectivity index (χ2n) is 7.31. The molecule has 0 fully saturated rings. The third-order valence-electron chi connectivity index (χ3n) is 5.46. The summed E-state index contributed by atoms with van der Waals surface area (Å²) >= 11 is 0. The van der Waals surface area contributed by atoms with Crippen LogP contribution in [0.3, 0.4) is 0 Å². The zero-order valence-corrected chi connectivity index (χ0v) is 16.4. The van der Waals surface area contributed by atoms with E-state index in [9.17, 15) is 19.5 Å². The lowest BCUT2D eigenvalue weighted by Crippen LogP contribution is -2.43. The van der Waals surface area contributed by atoms with Crippen molar-refractivity contribution in [2.75, 3.05) is 0 Å². The Morgan fingerprint density at radius 3 is 2.48 bits per heavy atom. The molecule has 0 aliphatic carbocycles. The SMILES string of the molecule is Cc1cccc2c1c(Cn1c(=O)n([C@H](C)C(=O)O)c(=O)c3ccccc31)cn2C. The van der Waals surface area contributed by atoms with Crippen LogP contribution in [0.25, 0.3) is 21.8 Å². The molecule has 2 aromatic carbocycles. The first kappa shape index (κ1) is 18.7. The molecule has 7 heteroatoms. The molecule has 4 rings (SSSR count). The summed E-state index contributed by atoms with van der Waals surface area (Å²) in [5, 5.41) is 10.8. The average Bonchev–Trinajstić information content (AvgIpc) is 3.02. The van der Waals surface area contributed by atoms with Crippen molar-refractivity contribution in [3.63, 3.8) is 0 Å². The molecule has 0 radical (unpaired) electrons. The van der Waals surface area contributed by atoms with Crippen LogP contribution in [0.4, 0.5) is 0 Å². The van der Waals surface area contributed by atoms with Gasteiger partial charge in [-0.1, -0.05) is 24.3 Å². The fourth-order valence-electron chi connectivity index (χ4n) is 3.97. The van der Waals surface area contributed by atoms with E-state index in [0.29, 0.717) is 10.9 Å². The van der Waals surface area contributed by atoms with Crippen LogP contribution in [-0.2, 0) is 18.4 Å². The number of aliphatic carboxylic acids is 1. The van der Waals surface area contributed by atoms with E-state index >= 15 is 0 Å². The zero-order chi connectivity index (χ0) is 20.9. The number of para-hydroxylation sites is 1. The first-order valence-corrected chi connectivity index (χ1v) is 9.31. The maximum Gasteiger partial charge on any atom is 0.332 e. The largest absolute Gasteiger partial charge is 0.480 e. The number of carboxylic acid groups (broad SMARTS) is 1. The smallest absolute Gasteiger partial charge is 0.332 e. The Balaban J connectivity index is 2.04. The number of aromatic nitrogens is 3. The summed E-state index contributed by atoms with van der Waals surface area (Å²) in [6.45, 7) is 3.58. The molecule has 0 amide bonds. The summed E-state index contributed by atoms with van der Waals surface area (Å²) < 4.78 is 4.31. The van der Waals surface area contributed by atoms with Crippen LogP contribution in [0.1, 0.15) is 24.1 Å². The van der Waals surface area contributed by atoms with Gasteiger partial charge in [0, 0.05) is 24.1 Å². The van der Waals surface area contributed by atoms with Gasteiger partial charge in [0.15, 0.2) is 0 Å². The molecule has 0 aliphatic rings. The predicted molar refractivity (Wildman–Crippen MR) is 112 cm³/mol. The number of rotatable bonds is 4. The molecule has 2 aromatic heterocycles. The van der Waals surface area contributed by atoms with Crippen molar-refractivity contribution in [3.05, 3.63) is 80.6 Å². The number of carboxylic acids is 1. The number of nitrogens with zero attached hydrogens (tertiary/aromatic N) is 3. The second-order valence-corrected chi connectivity index (χ2v) is 7.31. The lowest BCUT2D eigenvalue weighted by molar-refractivity contribution is -0.140. The van der Waals surface area contributed by atoms with Crippen LogP contribution in [0.5, 0.6) is 0 Å². The fraction of sp³-hybridized carbons (Fsp3) is 0.227. The molecular weight excluding hydrogens is 370 g/mol. The lowest BCUT2D eigenvalue weighted by Gasteiger charge is -2.16. The highest BCUT2D eigenvalue weighted by atomic mass is 16.4. The van der Waals surface area contributed by atoms with Gasteiger partial charge in [-0.2, -0.15) is 0 Å². The number of fused-ring (bicyclic) bond motifs is 2. The van der Waals surface area contributed by atoms with Gasteiger partial charge in [-0.3, -0.25) is 9.36 Å². The summed E-state index contributed by atoms with van der Waals surface area (Å²) in [5.41, 5.74) is 2.33. The van der Waals surface area contributed by atoms with Crippen molar-refractivity contribution < 1.29 is 9.90 Å². The normalized spacial score (nSPS) is 12.5. The second kappa shape index (κ2) is 6.77. The van der Waals surface area contributed by atoms with Gasteiger partial charge in [-0.25, -0.2) is 14.2 Å². The summed E-state index contributed by atoms with van der Waals surface area (Å²) in [6, 6.07) is 11.5. The number of hydrogen-bond acceptors (Lipinski definition) is 3. The number of hydrogen-bond donors (Lipinski definition) is 1. The first-order chi connectivity index (χ1) is 13.8. The quantitative estimate of drug-likeness (QED) is 0.579. The van der Waals surface area contributed by atoms with E-state index < -0.39 is 23.3 Å². The monoisotopic (exact) mass is 391 g/mol. The van der Waals surface area contributed by atoms with Crippen molar-refractivity contribution in [1.82, 2.24) is 13.7 Å². The van der Waals surface area contributed by atoms with Crippen molar-refractivity contribution in [3.8, 4) is 0 Å². The molecule has 0 unspecified atom stereocenters. The van der Waals surface area contributed by atoms with Crippen LogP contribution in [-0.4, -0.2) is 24.8 Å². The van der Waals surface area contributed by atoms with Gasteiger partial charge in [0.2, 0.25) is 0 Å². The maximum absolute atomic E-state index is 13.2. The van der Waals surface area contributed by atoms with E-state index in [1.54, 1.807) is 24.3 Å². The predicted octanol–water partition coefficient (Wildman–Crippen LogP) is 2.66.